The number of nitrogens with zero attached hydrogens (tertiary/aromatic N) is 3. The summed E-state index contributed by atoms with van der Waals surface area (Å²) in [6.07, 6.45) is 0. The normalized spacial score (nSPS) is 17.3. The number of methoxy groups -OCH3 is 1. The molecule has 132 valence electrons. The predicted molar refractivity (Wildman–Crippen MR) is 91.5 cm³/mol. The minimum atomic E-state index is -0.590. The van der Waals surface area contributed by atoms with Gasteiger partial charge in [0.1, 0.15) is 0 Å². The van der Waals surface area contributed by atoms with Crippen molar-refractivity contribution >= 4 is 17.3 Å². The molecule has 8 nitrogen and oxygen atoms in total. The number of non-ortho nitro benzene ring substituents is 1. The van der Waals surface area contributed by atoms with E-state index in [9.17, 15) is 14.9 Å². The highest BCUT2D eigenvalue weighted by atomic mass is 16.6. The minimum absolute atomic E-state index is 0.0956. The Kier molecular flexibility index (Phi) is 6.10. The first-order valence-corrected chi connectivity index (χ1v) is 7.95. The summed E-state index contributed by atoms with van der Waals surface area (Å²) in [4.78, 5) is 27.0. The Morgan fingerprint density at radius 2 is 2.04 bits per heavy atom. The summed E-state index contributed by atoms with van der Waals surface area (Å²) in [5, 5.41) is 14.2. The van der Waals surface area contributed by atoms with E-state index in [0.29, 0.717) is 5.69 Å². The Morgan fingerprint density at radius 1 is 1.38 bits per heavy atom. The third-order valence-electron chi connectivity index (χ3n) is 4.15. The van der Waals surface area contributed by atoms with E-state index in [2.05, 4.69) is 22.2 Å². The van der Waals surface area contributed by atoms with Crippen LogP contribution in [0.25, 0.3) is 0 Å². The van der Waals surface area contributed by atoms with Crippen LogP contribution in [-0.2, 0) is 4.74 Å². The number of benzene rings is 1. The van der Waals surface area contributed by atoms with Gasteiger partial charge in [-0.05, 0) is 20.0 Å². The number of esters is 1. The molecule has 1 aliphatic rings. The highest BCUT2D eigenvalue weighted by molar-refractivity contribution is 5.96. The first kappa shape index (κ1) is 18.2. The fourth-order valence-electron chi connectivity index (χ4n) is 2.78. The van der Waals surface area contributed by atoms with Gasteiger partial charge in [0.25, 0.3) is 5.69 Å². The summed E-state index contributed by atoms with van der Waals surface area (Å²) in [7, 11) is 3.37. The fourth-order valence-corrected chi connectivity index (χ4v) is 2.78. The quantitative estimate of drug-likeness (QED) is 0.477. The average molecular weight is 336 g/mol. The molecule has 0 aliphatic carbocycles. The Morgan fingerprint density at radius 3 is 2.62 bits per heavy atom. The Hall–Kier alpha value is -2.19. The molecule has 1 aliphatic heterocycles. The van der Waals surface area contributed by atoms with Gasteiger partial charge in [0.05, 0.1) is 17.6 Å². The van der Waals surface area contributed by atoms with Crippen molar-refractivity contribution < 1.29 is 14.5 Å². The topological polar surface area (TPSA) is 87.9 Å². The van der Waals surface area contributed by atoms with Crippen LogP contribution in [0.3, 0.4) is 0 Å². The molecule has 1 fully saturated rings. The van der Waals surface area contributed by atoms with E-state index in [1.54, 1.807) is 6.07 Å². The van der Waals surface area contributed by atoms with Crippen molar-refractivity contribution in [3.05, 3.63) is 33.9 Å². The second-order valence-electron chi connectivity index (χ2n) is 6.13. The van der Waals surface area contributed by atoms with Crippen LogP contribution in [0.5, 0.6) is 0 Å². The van der Waals surface area contributed by atoms with E-state index in [-0.39, 0.29) is 17.3 Å². The summed E-state index contributed by atoms with van der Waals surface area (Å²) < 4.78 is 4.74. The molecule has 8 heteroatoms. The summed E-state index contributed by atoms with van der Waals surface area (Å²) >= 11 is 0. The molecule has 0 bridgehead atoms. The SMILES string of the molecule is COC(=O)c1cc([N+](=O)[O-])ccc1N[C@H](C)CN1CCN(C)CC1. The molecular weight excluding hydrogens is 312 g/mol. The molecular formula is C16H24N4O4. The number of carbonyl (C=O) groups is 1. The summed E-state index contributed by atoms with van der Waals surface area (Å²) in [5.74, 6) is -0.590. The molecule has 0 radical (unpaired) electrons. The maximum atomic E-state index is 11.9. The molecule has 24 heavy (non-hydrogen) atoms. The first-order chi connectivity index (χ1) is 11.4. The number of anilines is 1. The molecule has 1 heterocycles. The molecule has 0 spiro atoms. The Bertz CT molecular complexity index is 600. The van der Waals surface area contributed by atoms with Crippen molar-refractivity contribution in [3.8, 4) is 0 Å². The second kappa shape index (κ2) is 8.07. The zero-order chi connectivity index (χ0) is 17.7. The fraction of sp³-hybridized carbons (Fsp3) is 0.562. The zero-order valence-corrected chi connectivity index (χ0v) is 14.3. The van der Waals surface area contributed by atoms with Crippen LogP contribution in [0.4, 0.5) is 11.4 Å². The zero-order valence-electron chi connectivity index (χ0n) is 14.3. The molecule has 0 aromatic heterocycles. The van der Waals surface area contributed by atoms with Gasteiger partial charge in [0.15, 0.2) is 0 Å². The van der Waals surface area contributed by atoms with Gasteiger partial charge in [-0.3, -0.25) is 15.0 Å². The molecule has 2 rings (SSSR count). The number of ether oxygens (including phenoxy) is 1. The lowest BCUT2D eigenvalue weighted by Crippen LogP contribution is -2.47. The van der Waals surface area contributed by atoms with Gasteiger partial charge in [0, 0.05) is 56.6 Å². The number of nitro groups is 1. The number of rotatable bonds is 6. The number of likely N-dealkylation sites (N-methyl/N-ethyl adjacent to an activating group) is 1. The lowest BCUT2D eigenvalue weighted by atomic mass is 10.1. The van der Waals surface area contributed by atoms with Crippen molar-refractivity contribution in [1.82, 2.24) is 9.80 Å². The average Bonchev–Trinajstić information content (AvgIpc) is 2.56. The standard InChI is InChI=1S/C16H24N4O4/c1-12(11-19-8-6-18(2)7-9-19)17-15-5-4-13(20(22)23)10-14(15)16(21)24-3/h4-5,10,12,17H,6-9,11H2,1-3H3/t12-/m1/s1. The van der Waals surface area contributed by atoms with Crippen molar-refractivity contribution in [1.29, 1.82) is 0 Å². The van der Waals surface area contributed by atoms with Crippen molar-refractivity contribution in [2.75, 3.05) is 52.2 Å². The van der Waals surface area contributed by atoms with Gasteiger partial charge in [-0.25, -0.2) is 4.79 Å². The molecule has 0 unspecified atom stereocenters. The number of piperazine rings is 1. The number of hydrogen-bond acceptors (Lipinski definition) is 7. The van der Waals surface area contributed by atoms with Crippen LogP contribution in [0.15, 0.2) is 18.2 Å². The molecule has 1 aromatic carbocycles. The highest BCUT2D eigenvalue weighted by Gasteiger charge is 2.20. The second-order valence-corrected chi connectivity index (χ2v) is 6.13. The molecule has 1 aromatic rings. The van der Waals surface area contributed by atoms with Crippen LogP contribution >= 0.6 is 0 Å². The van der Waals surface area contributed by atoms with Crippen LogP contribution in [0, 0.1) is 10.1 Å². The largest absolute Gasteiger partial charge is 0.465 e. The van der Waals surface area contributed by atoms with Gasteiger partial charge in [-0.2, -0.15) is 0 Å². The molecule has 1 N–H and O–H groups in total. The van der Waals surface area contributed by atoms with Crippen LogP contribution in [0.2, 0.25) is 0 Å². The highest BCUT2D eigenvalue weighted by Crippen LogP contribution is 2.23. The molecule has 0 saturated carbocycles. The summed E-state index contributed by atoms with van der Waals surface area (Å²) in [6.45, 7) is 6.96. The van der Waals surface area contributed by atoms with Gasteiger partial charge in [-0.15, -0.1) is 0 Å². The molecule has 0 amide bonds. The monoisotopic (exact) mass is 336 g/mol. The van der Waals surface area contributed by atoms with Gasteiger partial charge < -0.3 is 15.0 Å². The van der Waals surface area contributed by atoms with Crippen LogP contribution < -0.4 is 5.32 Å². The van der Waals surface area contributed by atoms with Gasteiger partial charge in [0.2, 0.25) is 0 Å². The predicted octanol–water partition coefficient (Wildman–Crippen LogP) is 1.43. The third kappa shape index (κ3) is 4.65. The number of nitrogens with one attached hydrogen (secondary N) is 1. The molecule has 1 saturated heterocycles. The van der Waals surface area contributed by atoms with E-state index < -0.39 is 10.9 Å². The maximum absolute atomic E-state index is 11.9. The van der Waals surface area contributed by atoms with E-state index >= 15 is 0 Å². The van der Waals surface area contributed by atoms with Gasteiger partial charge in [-0.1, -0.05) is 0 Å². The third-order valence-corrected chi connectivity index (χ3v) is 4.15. The number of carbonyl (C=O) groups excluding carboxylic acids is 1. The lowest BCUT2D eigenvalue weighted by Gasteiger charge is -2.34. The summed E-state index contributed by atoms with van der Waals surface area (Å²) in [6, 6.07) is 4.29. The molecule has 1 atom stereocenters. The van der Waals surface area contributed by atoms with Crippen molar-refractivity contribution in [3.63, 3.8) is 0 Å². The van der Waals surface area contributed by atoms with Crippen molar-refractivity contribution in [2.24, 2.45) is 0 Å². The van der Waals surface area contributed by atoms with E-state index in [1.807, 2.05) is 6.92 Å². The van der Waals surface area contributed by atoms with Crippen LogP contribution in [0.1, 0.15) is 17.3 Å². The summed E-state index contributed by atoms with van der Waals surface area (Å²) in [5.41, 5.74) is 0.596. The Balaban J connectivity index is 2.07. The maximum Gasteiger partial charge on any atom is 0.340 e. The van der Waals surface area contributed by atoms with Gasteiger partial charge >= 0.3 is 5.97 Å². The number of hydrogen-bond donors (Lipinski definition) is 1. The van der Waals surface area contributed by atoms with Crippen LogP contribution in [-0.4, -0.2) is 73.6 Å². The van der Waals surface area contributed by atoms with E-state index in [1.165, 1.54) is 19.2 Å². The Labute approximate surface area is 141 Å². The lowest BCUT2D eigenvalue weighted by molar-refractivity contribution is -0.384. The minimum Gasteiger partial charge on any atom is -0.465 e. The van der Waals surface area contributed by atoms with E-state index in [0.717, 1.165) is 32.7 Å². The first-order valence-electron chi connectivity index (χ1n) is 7.95. The number of nitro benzene ring substituents is 1. The van der Waals surface area contributed by atoms with E-state index in [4.69, 9.17) is 4.74 Å². The smallest absolute Gasteiger partial charge is 0.340 e. The van der Waals surface area contributed by atoms with Crippen molar-refractivity contribution in [2.45, 2.75) is 13.0 Å².